The summed E-state index contributed by atoms with van der Waals surface area (Å²) >= 11 is 0. The number of halogens is 1. The molecule has 2 heterocycles. The minimum Gasteiger partial charge on any atom is -0.359 e. The van der Waals surface area contributed by atoms with E-state index in [0.29, 0.717) is 12.3 Å². The first-order valence-electron chi connectivity index (χ1n) is 11.5. The van der Waals surface area contributed by atoms with E-state index in [4.69, 9.17) is 0 Å². The third kappa shape index (κ3) is 8.25. The maximum Gasteiger partial charge on any atom is 0.220 e. The van der Waals surface area contributed by atoms with Crippen LogP contribution in [0.3, 0.4) is 0 Å². The highest BCUT2D eigenvalue weighted by Crippen LogP contribution is 2.21. The van der Waals surface area contributed by atoms with Crippen molar-refractivity contribution in [3.05, 3.63) is 35.4 Å². The minimum absolute atomic E-state index is 0. The highest BCUT2D eigenvalue weighted by molar-refractivity contribution is 14.0. The van der Waals surface area contributed by atoms with Gasteiger partial charge in [-0.1, -0.05) is 31.2 Å². The second kappa shape index (κ2) is 13.3. The fraction of sp³-hybridized carbons (Fsp3) is 0.667. The van der Waals surface area contributed by atoms with Gasteiger partial charge in [0, 0.05) is 53.2 Å². The van der Waals surface area contributed by atoms with E-state index in [0.717, 1.165) is 50.9 Å². The number of amides is 1. The minimum atomic E-state index is 0. The summed E-state index contributed by atoms with van der Waals surface area (Å²) in [4.78, 5) is 21.0. The number of piperidine rings is 2. The second-order valence-corrected chi connectivity index (χ2v) is 9.01. The molecule has 2 aliphatic heterocycles. The van der Waals surface area contributed by atoms with Crippen LogP contribution < -0.4 is 10.6 Å². The second-order valence-electron chi connectivity index (χ2n) is 9.01. The predicted molar refractivity (Wildman–Crippen MR) is 139 cm³/mol. The molecule has 1 amide bonds. The topological polar surface area (TPSA) is 60.0 Å². The molecule has 1 unspecified atom stereocenters. The molecular weight excluding hydrogens is 501 g/mol. The van der Waals surface area contributed by atoms with Crippen molar-refractivity contribution in [2.75, 3.05) is 40.3 Å². The lowest BCUT2D eigenvalue weighted by molar-refractivity contribution is -0.121. The number of rotatable bonds is 6. The van der Waals surface area contributed by atoms with Gasteiger partial charge >= 0.3 is 0 Å². The summed E-state index contributed by atoms with van der Waals surface area (Å²) in [7, 11) is 3.56. The monoisotopic (exact) mass is 541 g/mol. The molecule has 6 nitrogen and oxygen atoms in total. The number of benzene rings is 1. The van der Waals surface area contributed by atoms with Gasteiger partial charge in [0.25, 0.3) is 0 Å². The van der Waals surface area contributed by atoms with E-state index in [2.05, 4.69) is 56.6 Å². The smallest absolute Gasteiger partial charge is 0.220 e. The molecule has 31 heavy (non-hydrogen) atoms. The summed E-state index contributed by atoms with van der Waals surface area (Å²) in [6.07, 6.45) is 5.41. The summed E-state index contributed by atoms with van der Waals surface area (Å²) < 4.78 is 0. The Hall–Kier alpha value is -1.35. The maximum absolute atomic E-state index is 11.6. The zero-order valence-corrected chi connectivity index (χ0v) is 21.7. The summed E-state index contributed by atoms with van der Waals surface area (Å²) in [6.45, 7) is 8.56. The summed E-state index contributed by atoms with van der Waals surface area (Å²) in [5.74, 6) is 2.41. The van der Waals surface area contributed by atoms with Crippen LogP contribution in [0.1, 0.15) is 50.2 Å². The van der Waals surface area contributed by atoms with E-state index in [1.54, 1.807) is 7.05 Å². The van der Waals surface area contributed by atoms with Gasteiger partial charge in [-0.3, -0.25) is 14.7 Å². The Morgan fingerprint density at radius 1 is 1.10 bits per heavy atom. The molecule has 0 bridgehead atoms. The van der Waals surface area contributed by atoms with Crippen molar-refractivity contribution < 1.29 is 4.79 Å². The summed E-state index contributed by atoms with van der Waals surface area (Å²) in [6, 6.07) is 9.00. The van der Waals surface area contributed by atoms with Gasteiger partial charge in [-0.05, 0) is 55.2 Å². The first kappa shape index (κ1) is 25.9. The van der Waals surface area contributed by atoms with Gasteiger partial charge in [-0.25, -0.2) is 0 Å². The number of nitrogens with zero attached hydrogens (tertiary/aromatic N) is 3. The van der Waals surface area contributed by atoms with Crippen molar-refractivity contribution in [1.82, 2.24) is 20.4 Å². The number of hydrogen-bond acceptors (Lipinski definition) is 3. The van der Waals surface area contributed by atoms with Crippen molar-refractivity contribution in [2.24, 2.45) is 16.8 Å². The normalized spacial score (nSPS) is 20.8. The van der Waals surface area contributed by atoms with Gasteiger partial charge in [-0.2, -0.15) is 0 Å². The molecule has 1 aromatic carbocycles. The molecule has 0 aromatic heterocycles. The lowest BCUT2D eigenvalue weighted by Gasteiger charge is -2.34. The highest BCUT2D eigenvalue weighted by Gasteiger charge is 2.23. The molecule has 2 N–H and O–H groups in total. The molecule has 0 aliphatic carbocycles. The Morgan fingerprint density at radius 3 is 2.39 bits per heavy atom. The summed E-state index contributed by atoms with van der Waals surface area (Å²) in [5, 5.41) is 6.25. The number of aliphatic imine (C=N–C) groups is 1. The largest absolute Gasteiger partial charge is 0.359 e. The lowest BCUT2D eigenvalue weighted by Crippen LogP contribution is -2.45. The third-order valence-electron chi connectivity index (χ3n) is 6.50. The number of carbonyl (C=O) groups excluding carboxylic acids is 1. The van der Waals surface area contributed by atoms with E-state index in [1.165, 1.54) is 37.1 Å². The molecule has 2 saturated heterocycles. The Kier molecular flexibility index (Phi) is 11.1. The van der Waals surface area contributed by atoms with Crippen LogP contribution in [-0.2, 0) is 17.9 Å². The van der Waals surface area contributed by atoms with Crippen LogP contribution in [-0.4, -0.2) is 61.9 Å². The van der Waals surface area contributed by atoms with Crippen molar-refractivity contribution in [2.45, 2.75) is 52.1 Å². The van der Waals surface area contributed by atoms with Crippen LogP contribution in [0.2, 0.25) is 0 Å². The van der Waals surface area contributed by atoms with Crippen molar-refractivity contribution in [1.29, 1.82) is 0 Å². The van der Waals surface area contributed by atoms with Crippen LogP contribution in [0.15, 0.2) is 29.3 Å². The third-order valence-corrected chi connectivity index (χ3v) is 6.50. The fourth-order valence-electron chi connectivity index (χ4n) is 4.68. The molecule has 7 heteroatoms. The van der Waals surface area contributed by atoms with Gasteiger partial charge < -0.3 is 15.5 Å². The Labute approximate surface area is 205 Å². The predicted octanol–water partition coefficient (Wildman–Crippen LogP) is 3.46. The van der Waals surface area contributed by atoms with E-state index < -0.39 is 0 Å². The SMILES string of the molecule is CN=C(NCc1ccc(CN2CCCC(C)C2)cc1)N1CCC(CC(=O)NC)CC1.I. The molecule has 0 radical (unpaired) electrons. The van der Waals surface area contributed by atoms with Crippen LogP contribution in [0, 0.1) is 11.8 Å². The number of carbonyl (C=O) groups is 1. The molecular formula is C24H40IN5O. The van der Waals surface area contributed by atoms with Crippen molar-refractivity contribution >= 4 is 35.8 Å². The summed E-state index contributed by atoms with van der Waals surface area (Å²) in [5.41, 5.74) is 2.68. The van der Waals surface area contributed by atoms with Crippen LogP contribution in [0.25, 0.3) is 0 Å². The zero-order chi connectivity index (χ0) is 21.3. The average molecular weight is 542 g/mol. The molecule has 2 aliphatic rings. The van der Waals surface area contributed by atoms with Gasteiger partial charge in [0.05, 0.1) is 0 Å². The molecule has 1 atom stereocenters. The molecule has 2 fully saturated rings. The molecule has 0 saturated carbocycles. The van der Waals surface area contributed by atoms with Crippen LogP contribution in [0.4, 0.5) is 0 Å². The van der Waals surface area contributed by atoms with E-state index in [1.807, 2.05) is 7.05 Å². The van der Waals surface area contributed by atoms with Crippen LogP contribution in [0.5, 0.6) is 0 Å². The fourth-order valence-corrected chi connectivity index (χ4v) is 4.68. The number of nitrogens with one attached hydrogen (secondary N) is 2. The average Bonchev–Trinajstić information content (AvgIpc) is 2.76. The van der Waals surface area contributed by atoms with E-state index >= 15 is 0 Å². The molecule has 0 spiro atoms. The number of guanidine groups is 1. The zero-order valence-electron chi connectivity index (χ0n) is 19.4. The van der Waals surface area contributed by atoms with Gasteiger partial charge in [0.2, 0.25) is 5.91 Å². The van der Waals surface area contributed by atoms with E-state index in [9.17, 15) is 4.79 Å². The Balaban J connectivity index is 0.00000341. The van der Waals surface area contributed by atoms with Crippen molar-refractivity contribution in [3.63, 3.8) is 0 Å². The van der Waals surface area contributed by atoms with Crippen molar-refractivity contribution in [3.8, 4) is 0 Å². The Bertz CT molecular complexity index is 700. The highest BCUT2D eigenvalue weighted by atomic mass is 127. The van der Waals surface area contributed by atoms with Crippen LogP contribution >= 0.6 is 24.0 Å². The molecule has 3 rings (SSSR count). The van der Waals surface area contributed by atoms with Gasteiger partial charge in [0.15, 0.2) is 5.96 Å². The lowest BCUT2D eigenvalue weighted by atomic mass is 9.93. The number of likely N-dealkylation sites (tertiary alicyclic amines) is 2. The maximum atomic E-state index is 11.6. The molecule has 1 aromatic rings. The van der Waals surface area contributed by atoms with Gasteiger partial charge in [-0.15, -0.1) is 24.0 Å². The van der Waals surface area contributed by atoms with Gasteiger partial charge in [0.1, 0.15) is 0 Å². The number of hydrogen-bond donors (Lipinski definition) is 2. The quantitative estimate of drug-likeness (QED) is 0.329. The van der Waals surface area contributed by atoms with E-state index in [-0.39, 0.29) is 29.9 Å². The first-order valence-corrected chi connectivity index (χ1v) is 11.5. The molecule has 174 valence electrons. The Morgan fingerprint density at radius 2 is 1.77 bits per heavy atom. The first-order chi connectivity index (χ1) is 14.6. The standard InChI is InChI=1S/C24H39N5O.HI/c1-19-5-4-12-28(17-19)18-22-8-6-21(7-9-22)16-27-24(26-3)29-13-10-20(11-14-29)15-23(30)25-2;/h6-9,19-20H,4-5,10-18H2,1-3H3,(H,25,30)(H,26,27);1H.